The molecule has 0 atom stereocenters. The smallest absolute Gasteiger partial charge is 0.261 e. The minimum absolute atomic E-state index is 0.0907. The Morgan fingerprint density at radius 1 is 1.15 bits per heavy atom. The highest BCUT2D eigenvalue weighted by Crippen LogP contribution is 2.30. The highest BCUT2D eigenvalue weighted by atomic mass is 32.2. The lowest BCUT2D eigenvalue weighted by Gasteiger charge is -2.30. The number of sulfonamides is 1. The molecule has 2 aromatic rings. The molecule has 1 fully saturated rings. The van der Waals surface area contributed by atoms with Gasteiger partial charge in [0.15, 0.2) is 0 Å². The molecule has 0 unspecified atom stereocenters. The number of aryl methyl sites for hydroxylation is 1. The summed E-state index contributed by atoms with van der Waals surface area (Å²) < 4.78 is 52.3. The first-order chi connectivity index (χ1) is 12.4. The number of nitrogens with zero attached hydrogens (tertiary/aromatic N) is 1. The molecular weight excluding hydrogens is 359 g/mol. The first kappa shape index (κ1) is 18.5. The lowest BCUT2D eigenvalue weighted by atomic mass is 10.2. The number of benzene rings is 2. The van der Waals surface area contributed by atoms with Gasteiger partial charge in [-0.3, -0.25) is 4.72 Å². The SMILES string of the molecule is COc1ccc(S(=O)(=O)Nc2cc(F)ccc2N2CCOCC2)cc1C. The van der Waals surface area contributed by atoms with Gasteiger partial charge in [0.25, 0.3) is 10.0 Å². The van der Waals surface area contributed by atoms with E-state index in [-0.39, 0.29) is 10.6 Å². The summed E-state index contributed by atoms with van der Waals surface area (Å²) in [5.41, 5.74) is 1.53. The summed E-state index contributed by atoms with van der Waals surface area (Å²) in [5, 5.41) is 0. The molecule has 0 radical (unpaired) electrons. The van der Waals surface area contributed by atoms with E-state index < -0.39 is 15.8 Å². The molecule has 2 aromatic carbocycles. The van der Waals surface area contributed by atoms with Crippen molar-refractivity contribution >= 4 is 21.4 Å². The quantitative estimate of drug-likeness (QED) is 0.864. The number of rotatable bonds is 5. The first-order valence-electron chi connectivity index (χ1n) is 8.20. The third kappa shape index (κ3) is 3.91. The minimum Gasteiger partial charge on any atom is -0.496 e. The maximum atomic E-state index is 13.8. The minimum atomic E-state index is -3.87. The van der Waals surface area contributed by atoms with E-state index in [0.29, 0.717) is 43.3 Å². The average Bonchev–Trinajstić information content (AvgIpc) is 2.62. The molecule has 0 bridgehead atoms. The Morgan fingerprint density at radius 2 is 1.88 bits per heavy atom. The van der Waals surface area contributed by atoms with Crippen molar-refractivity contribution in [2.45, 2.75) is 11.8 Å². The van der Waals surface area contributed by atoms with Crippen LogP contribution in [0.4, 0.5) is 15.8 Å². The van der Waals surface area contributed by atoms with Crippen LogP contribution in [0.1, 0.15) is 5.56 Å². The lowest BCUT2D eigenvalue weighted by Crippen LogP contribution is -2.36. The van der Waals surface area contributed by atoms with Crippen molar-refractivity contribution in [3.05, 3.63) is 47.8 Å². The standard InChI is InChI=1S/C18H21FN2O4S/c1-13-11-15(4-6-18(13)24-2)26(22,23)20-16-12-14(19)3-5-17(16)21-7-9-25-10-8-21/h3-6,11-12,20H,7-10H2,1-2H3. The number of halogens is 1. The van der Waals surface area contributed by atoms with E-state index in [1.807, 2.05) is 4.90 Å². The van der Waals surface area contributed by atoms with Crippen LogP contribution in [-0.4, -0.2) is 41.8 Å². The Bertz CT molecular complexity index is 896. The summed E-state index contributed by atoms with van der Waals surface area (Å²) >= 11 is 0. The van der Waals surface area contributed by atoms with Crippen molar-refractivity contribution in [2.75, 3.05) is 43.0 Å². The van der Waals surface area contributed by atoms with Crippen LogP contribution in [-0.2, 0) is 14.8 Å². The van der Waals surface area contributed by atoms with Crippen LogP contribution in [0.3, 0.4) is 0 Å². The van der Waals surface area contributed by atoms with Gasteiger partial charge in [0.05, 0.1) is 36.6 Å². The second-order valence-corrected chi connectivity index (χ2v) is 7.68. The molecule has 1 heterocycles. The summed E-state index contributed by atoms with van der Waals surface area (Å²) in [6.07, 6.45) is 0. The van der Waals surface area contributed by atoms with E-state index in [9.17, 15) is 12.8 Å². The number of ether oxygens (including phenoxy) is 2. The highest BCUT2D eigenvalue weighted by molar-refractivity contribution is 7.92. The Labute approximate surface area is 152 Å². The third-order valence-corrected chi connectivity index (χ3v) is 5.59. The molecule has 0 aromatic heterocycles. The monoisotopic (exact) mass is 380 g/mol. The van der Waals surface area contributed by atoms with E-state index in [1.165, 1.54) is 31.4 Å². The number of hydrogen-bond donors (Lipinski definition) is 1. The number of methoxy groups -OCH3 is 1. The first-order valence-corrected chi connectivity index (χ1v) is 9.69. The van der Waals surface area contributed by atoms with E-state index in [0.717, 1.165) is 0 Å². The Kier molecular flexibility index (Phi) is 5.33. The van der Waals surface area contributed by atoms with Crippen LogP contribution >= 0.6 is 0 Å². The Hall–Kier alpha value is -2.32. The molecule has 8 heteroatoms. The van der Waals surface area contributed by atoms with Crippen molar-refractivity contribution in [1.82, 2.24) is 0 Å². The van der Waals surface area contributed by atoms with E-state index in [1.54, 1.807) is 19.1 Å². The van der Waals surface area contributed by atoms with Gasteiger partial charge in [0.1, 0.15) is 11.6 Å². The van der Waals surface area contributed by atoms with Gasteiger partial charge >= 0.3 is 0 Å². The molecule has 26 heavy (non-hydrogen) atoms. The van der Waals surface area contributed by atoms with Crippen molar-refractivity contribution in [3.8, 4) is 5.75 Å². The normalized spacial score (nSPS) is 15.0. The molecule has 1 N–H and O–H groups in total. The maximum absolute atomic E-state index is 13.8. The Balaban J connectivity index is 1.94. The van der Waals surface area contributed by atoms with Crippen molar-refractivity contribution < 1.29 is 22.3 Å². The van der Waals surface area contributed by atoms with Crippen molar-refractivity contribution in [2.24, 2.45) is 0 Å². The number of nitrogens with one attached hydrogen (secondary N) is 1. The van der Waals surface area contributed by atoms with Gasteiger partial charge in [-0.15, -0.1) is 0 Å². The summed E-state index contributed by atoms with van der Waals surface area (Å²) in [7, 11) is -2.34. The largest absolute Gasteiger partial charge is 0.496 e. The van der Waals surface area contributed by atoms with Crippen LogP contribution in [0.25, 0.3) is 0 Å². The molecule has 0 spiro atoms. The summed E-state index contributed by atoms with van der Waals surface area (Å²) in [4.78, 5) is 2.06. The molecule has 1 aliphatic heterocycles. The van der Waals surface area contributed by atoms with E-state index in [4.69, 9.17) is 9.47 Å². The fourth-order valence-corrected chi connectivity index (χ4v) is 4.04. The zero-order valence-electron chi connectivity index (χ0n) is 14.7. The van der Waals surface area contributed by atoms with Gasteiger partial charge in [-0.05, 0) is 42.8 Å². The summed E-state index contributed by atoms with van der Waals surface area (Å²) in [5.74, 6) is 0.0920. The van der Waals surface area contributed by atoms with Gasteiger partial charge < -0.3 is 14.4 Å². The second-order valence-electron chi connectivity index (χ2n) is 6.00. The van der Waals surface area contributed by atoms with E-state index in [2.05, 4.69) is 4.72 Å². The van der Waals surface area contributed by atoms with Crippen LogP contribution in [0.2, 0.25) is 0 Å². The molecule has 140 valence electrons. The van der Waals surface area contributed by atoms with Crippen LogP contribution < -0.4 is 14.4 Å². The fraction of sp³-hybridized carbons (Fsp3) is 0.333. The summed E-state index contributed by atoms with van der Waals surface area (Å²) in [6.45, 7) is 4.08. The number of anilines is 2. The van der Waals surface area contributed by atoms with Crippen LogP contribution in [0.15, 0.2) is 41.3 Å². The molecule has 0 saturated carbocycles. The van der Waals surface area contributed by atoms with Gasteiger partial charge in [0, 0.05) is 19.2 Å². The van der Waals surface area contributed by atoms with Crippen LogP contribution in [0, 0.1) is 12.7 Å². The van der Waals surface area contributed by atoms with E-state index >= 15 is 0 Å². The van der Waals surface area contributed by atoms with Gasteiger partial charge in [0.2, 0.25) is 0 Å². The second kappa shape index (κ2) is 7.51. The van der Waals surface area contributed by atoms with Gasteiger partial charge in [-0.2, -0.15) is 0 Å². The molecule has 6 nitrogen and oxygen atoms in total. The molecule has 0 aliphatic carbocycles. The highest BCUT2D eigenvalue weighted by Gasteiger charge is 2.21. The zero-order chi connectivity index (χ0) is 18.7. The van der Waals surface area contributed by atoms with Crippen LogP contribution in [0.5, 0.6) is 5.75 Å². The topological polar surface area (TPSA) is 67.9 Å². The molecule has 0 amide bonds. The molecule has 1 saturated heterocycles. The molecule has 3 rings (SSSR count). The average molecular weight is 380 g/mol. The Morgan fingerprint density at radius 3 is 2.54 bits per heavy atom. The zero-order valence-corrected chi connectivity index (χ0v) is 15.5. The number of morpholine rings is 1. The van der Waals surface area contributed by atoms with Gasteiger partial charge in [-0.25, -0.2) is 12.8 Å². The van der Waals surface area contributed by atoms with Gasteiger partial charge in [-0.1, -0.05) is 0 Å². The van der Waals surface area contributed by atoms with Crippen molar-refractivity contribution in [1.29, 1.82) is 0 Å². The summed E-state index contributed by atoms with van der Waals surface area (Å²) in [6, 6.07) is 8.67. The predicted molar refractivity (Wildman–Crippen MR) is 98.0 cm³/mol. The number of hydrogen-bond acceptors (Lipinski definition) is 5. The molecule has 1 aliphatic rings. The van der Waals surface area contributed by atoms with Crippen molar-refractivity contribution in [3.63, 3.8) is 0 Å². The predicted octanol–water partition coefficient (Wildman–Crippen LogP) is 2.78. The lowest BCUT2D eigenvalue weighted by molar-refractivity contribution is 0.123. The third-order valence-electron chi connectivity index (χ3n) is 4.23. The maximum Gasteiger partial charge on any atom is 0.261 e. The molecular formula is C18H21FN2O4S. The fourth-order valence-electron chi connectivity index (χ4n) is 2.89.